The molecule has 0 bridgehead atoms. The number of halogens is 4. The second kappa shape index (κ2) is 10.1. The molecular formula is C26H19F4NO7S. The highest BCUT2D eigenvalue weighted by Crippen LogP contribution is 2.39. The Kier molecular flexibility index (Phi) is 7.13. The van der Waals surface area contributed by atoms with Crippen molar-refractivity contribution in [3.63, 3.8) is 0 Å². The lowest BCUT2D eigenvalue weighted by Crippen LogP contribution is -2.28. The highest BCUT2D eigenvalue weighted by atomic mass is 32.2. The lowest BCUT2D eigenvalue weighted by Gasteiger charge is -2.15. The van der Waals surface area contributed by atoms with Gasteiger partial charge < -0.3 is 18.7 Å². The summed E-state index contributed by atoms with van der Waals surface area (Å²) in [5.74, 6) is -2.81. The standard InChI is InChI=1S/C26H19F4NO7S/c1-13-10-21(38-39(34,35)26(28,29)30)19(25(33)36-3)12-17(13)15-6-9-20-18(11-15)22(24(32)31-2)23(37-20)14-4-7-16(27)8-5-14/h4-12H,1-3H3,(H,31,32). The van der Waals surface area contributed by atoms with Gasteiger partial charge in [-0.05, 0) is 72.1 Å². The van der Waals surface area contributed by atoms with Gasteiger partial charge in [0.15, 0.2) is 5.75 Å². The number of rotatable bonds is 6. The third kappa shape index (κ3) is 5.17. The van der Waals surface area contributed by atoms with Crippen LogP contribution >= 0.6 is 0 Å². The summed E-state index contributed by atoms with van der Waals surface area (Å²) in [7, 11) is -3.69. The summed E-state index contributed by atoms with van der Waals surface area (Å²) in [6.45, 7) is 1.46. The minimum atomic E-state index is -6.07. The molecule has 0 aliphatic heterocycles. The average molecular weight is 565 g/mol. The summed E-state index contributed by atoms with van der Waals surface area (Å²) in [6.07, 6.45) is 0. The maximum Gasteiger partial charge on any atom is 0.534 e. The summed E-state index contributed by atoms with van der Waals surface area (Å²) < 4.78 is 90.2. The molecule has 39 heavy (non-hydrogen) atoms. The minimum absolute atomic E-state index is 0.142. The number of alkyl halides is 3. The molecule has 204 valence electrons. The molecule has 4 aromatic rings. The summed E-state index contributed by atoms with van der Waals surface area (Å²) in [6, 6.07) is 12.1. The molecule has 1 amide bonds. The SMILES string of the molecule is CNC(=O)c1c(-c2ccc(F)cc2)oc2ccc(-c3cc(C(=O)OC)c(OS(=O)(=O)C(F)(F)F)cc3C)cc12. The smallest absolute Gasteiger partial charge is 0.465 e. The van der Waals surface area contributed by atoms with Gasteiger partial charge in [0.25, 0.3) is 5.91 Å². The van der Waals surface area contributed by atoms with E-state index in [0.717, 1.165) is 19.2 Å². The zero-order valence-electron chi connectivity index (χ0n) is 20.5. The molecule has 0 saturated carbocycles. The number of ether oxygens (including phenoxy) is 1. The van der Waals surface area contributed by atoms with E-state index in [1.807, 2.05) is 0 Å². The van der Waals surface area contributed by atoms with E-state index in [1.165, 1.54) is 38.2 Å². The fourth-order valence-corrected chi connectivity index (χ4v) is 4.39. The molecule has 3 aromatic carbocycles. The first-order chi connectivity index (χ1) is 18.3. The summed E-state index contributed by atoms with van der Waals surface area (Å²) >= 11 is 0. The van der Waals surface area contributed by atoms with Gasteiger partial charge in [-0.2, -0.15) is 21.6 Å². The van der Waals surface area contributed by atoms with E-state index in [2.05, 4.69) is 14.2 Å². The summed E-state index contributed by atoms with van der Waals surface area (Å²) in [4.78, 5) is 25.2. The molecule has 1 aromatic heterocycles. The molecule has 0 saturated heterocycles. The van der Waals surface area contributed by atoms with Gasteiger partial charge in [0.1, 0.15) is 22.7 Å². The van der Waals surface area contributed by atoms with Crippen molar-refractivity contribution in [1.29, 1.82) is 0 Å². The maximum atomic E-state index is 13.5. The number of furan rings is 1. The second-order valence-electron chi connectivity index (χ2n) is 8.24. The molecule has 0 aliphatic carbocycles. The molecule has 8 nitrogen and oxygen atoms in total. The number of carbonyl (C=O) groups is 2. The predicted octanol–water partition coefficient (Wildman–Crippen LogP) is 5.59. The fraction of sp³-hybridized carbons (Fsp3) is 0.154. The van der Waals surface area contributed by atoms with Gasteiger partial charge in [-0.25, -0.2) is 9.18 Å². The van der Waals surface area contributed by atoms with E-state index < -0.39 is 44.6 Å². The first-order valence-electron chi connectivity index (χ1n) is 11.1. The number of amides is 1. The number of hydrogen-bond acceptors (Lipinski definition) is 7. The van der Waals surface area contributed by atoms with Crippen molar-refractivity contribution >= 4 is 33.0 Å². The largest absolute Gasteiger partial charge is 0.534 e. The van der Waals surface area contributed by atoms with Crippen molar-refractivity contribution in [3.05, 3.63) is 77.1 Å². The van der Waals surface area contributed by atoms with Crippen LogP contribution in [0.25, 0.3) is 33.4 Å². The fourth-order valence-electron chi connectivity index (χ4n) is 3.92. The number of methoxy groups -OCH3 is 1. The number of esters is 1. The van der Waals surface area contributed by atoms with Gasteiger partial charge >= 0.3 is 21.6 Å². The van der Waals surface area contributed by atoms with Gasteiger partial charge in [0, 0.05) is 18.0 Å². The van der Waals surface area contributed by atoms with Crippen LogP contribution < -0.4 is 9.50 Å². The van der Waals surface area contributed by atoms with Crippen LogP contribution in [0.2, 0.25) is 0 Å². The molecule has 0 atom stereocenters. The van der Waals surface area contributed by atoms with Crippen LogP contribution in [0.5, 0.6) is 5.75 Å². The third-order valence-electron chi connectivity index (χ3n) is 5.77. The van der Waals surface area contributed by atoms with Crippen molar-refractivity contribution in [3.8, 4) is 28.2 Å². The zero-order chi connectivity index (χ0) is 28.7. The molecule has 1 heterocycles. The van der Waals surface area contributed by atoms with Crippen LogP contribution in [0.15, 0.2) is 59.0 Å². The van der Waals surface area contributed by atoms with E-state index >= 15 is 0 Å². The van der Waals surface area contributed by atoms with E-state index in [-0.39, 0.29) is 16.9 Å². The minimum Gasteiger partial charge on any atom is -0.465 e. The van der Waals surface area contributed by atoms with Crippen LogP contribution in [0.3, 0.4) is 0 Å². The molecule has 1 N–H and O–H groups in total. The van der Waals surface area contributed by atoms with Gasteiger partial charge in [-0.15, -0.1) is 0 Å². The lowest BCUT2D eigenvalue weighted by molar-refractivity contribution is -0.0500. The summed E-state index contributed by atoms with van der Waals surface area (Å²) in [5, 5.41) is 2.88. The highest BCUT2D eigenvalue weighted by molar-refractivity contribution is 7.88. The maximum absolute atomic E-state index is 13.5. The van der Waals surface area contributed by atoms with Crippen molar-refractivity contribution in [2.24, 2.45) is 0 Å². The lowest BCUT2D eigenvalue weighted by atomic mass is 9.95. The number of nitrogens with one attached hydrogen (secondary N) is 1. The molecule has 0 fully saturated rings. The molecule has 13 heteroatoms. The van der Waals surface area contributed by atoms with Crippen LogP contribution in [0.1, 0.15) is 26.3 Å². The number of aryl methyl sites for hydroxylation is 1. The Morgan fingerprint density at radius 3 is 2.21 bits per heavy atom. The second-order valence-corrected chi connectivity index (χ2v) is 9.78. The van der Waals surface area contributed by atoms with Crippen molar-refractivity contribution < 1.29 is 48.9 Å². The number of hydrogen-bond donors (Lipinski definition) is 1. The van der Waals surface area contributed by atoms with Gasteiger partial charge in [0.05, 0.1) is 12.7 Å². The predicted molar refractivity (Wildman–Crippen MR) is 132 cm³/mol. The Hall–Kier alpha value is -4.39. The highest BCUT2D eigenvalue weighted by Gasteiger charge is 2.49. The average Bonchev–Trinajstić information content (AvgIpc) is 3.26. The number of benzene rings is 3. The first-order valence-corrected chi connectivity index (χ1v) is 12.5. The Morgan fingerprint density at radius 1 is 0.974 bits per heavy atom. The van der Waals surface area contributed by atoms with Crippen LogP contribution in [-0.2, 0) is 14.9 Å². The number of fused-ring (bicyclic) bond motifs is 1. The first kappa shape index (κ1) is 27.6. The van der Waals surface area contributed by atoms with Crippen LogP contribution in [-0.4, -0.2) is 40.0 Å². The van der Waals surface area contributed by atoms with Crippen LogP contribution in [0.4, 0.5) is 17.6 Å². The molecule has 0 spiro atoms. The van der Waals surface area contributed by atoms with Crippen molar-refractivity contribution in [2.45, 2.75) is 12.4 Å². The normalized spacial score (nSPS) is 11.9. The summed E-state index contributed by atoms with van der Waals surface area (Å²) in [5.41, 5.74) is -4.45. The van der Waals surface area contributed by atoms with Gasteiger partial charge in [-0.3, -0.25) is 4.79 Å². The van der Waals surface area contributed by atoms with Crippen LogP contribution in [0, 0.1) is 12.7 Å². The van der Waals surface area contributed by atoms with E-state index in [9.17, 15) is 35.6 Å². The van der Waals surface area contributed by atoms with Crippen molar-refractivity contribution in [1.82, 2.24) is 5.32 Å². The quantitative estimate of drug-likeness (QED) is 0.140. The third-order valence-corrected chi connectivity index (χ3v) is 6.74. The monoisotopic (exact) mass is 565 g/mol. The van der Waals surface area contributed by atoms with Gasteiger partial charge in [0.2, 0.25) is 0 Å². The molecule has 4 rings (SSSR count). The topological polar surface area (TPSA) is 112 Å². The van der Waals surface area contributed by atoms with E-state index in [4.69, 9.17) is 4.42 Å². The molecular weight excluding hydrogens is 546 g/mol. The van der Waals surface area contributed by atoms with E-state index in [0.29, 0.717) is 27.7 Å². The van der Waals surface area contributed by atoms with Gasteiger partial charge in [-0.1, -0.05) is 6.07 Å². The molecule has 0 radical (unpaired) electrons. The Morgan fingerprint density at radius 2 is 1.62 bits per heavy atom. The number of carbonyl (C=O) groups excluding carboxylic acids is 2. The van der Waals surface area contributed by atoms with Crippen molar-refractivity contribution in [2.75, 3.05) is 14.2 Å². The Labute approximate surface area is 219 Å². The Balaban J connectivity index is 1.91. The zero-order valence-corrected chi connectivity index (χ0v) is 21.3. The molecule has 0 unspecified atom stereocenters. The van der Waals surface area contributed by atoms with E-state index in [1.54, 1.807) is 18.2 Å². The Bertz CT molecular complexity index is 1710. The molecule has 0 aliphatic rings.